The van der Waals surface area contributed by atoms with Gasteiger partial charge in [0.25, 0.3) is 0 Å². The zero-order valence-electron chi connectivity index (χ0n) is 12.1. The van der Waals surface area contributed by atoms with Crippen molar-refractivity contribution < 1.29 is 0 Å². The van der Waals surface area contributed by atoms with Gasteiger partial charge in [-0.05, 0) is 45.6 Å². The molecule has 0 saturated heterocycles. The summed E-state index contributed by atoms with van der Waals surface area (Å²) >= 11 is 0. The van der Waals surface area contributed by atoms with Gasteiger partial charge in [-0.15, -0.1) is 0 Å². The van der Waals surface area contributed by atoms with Crippen LogP contribution in [0.25, 0.3) is 0 Å². The predicted octanol–water partition coefficient (Wildman–Crippen LogP) is 2.29. The Morgan fingerprint density at radius 2 is 1.94 bits per heavy atom. The maximum atomic E-state index is 4.61. The van der Waals surface area contributed by atoms with Crippen molar-refractivity contribution in [2.24, 2.45) is 0 Å². The second-order valence-electron chi connectivity index (χ2n) is 4.89. The van der Waals surface area contributed by atoms with Gasteiger partial charge in [0.1, 0.15) is 11.6 Å². The first kappa shape index (κ1) is 14.8. The highest BCUT2D eigenvalue weighted by molar-refractivity contribution is 5.46. The zero-order valence-corrected chi connectivity index (χ0v) is 12.1. The molecule has 0 bridgehead atoms. The fraction of sp³-hybridized carbons (Fsp3) is 0.643. The lowest BCUT2D eigenvalue weighted by Gasteiger charge is -2.20. The fourth-order valence-electron chi connectivity index (χ4n) is 1.73. The van der Waals surface area contributed by atoms with Crippen LogP contribution in [0, 0.1) is 0 Å². The number of anilines is 2. The molecule has 1 aromatic heterocycles. The van der Waals surface area contributed by atoms with Gasteiger partial charge in [0, 0.05) is 20.1 Å². The van der Waals surface area contributed by atoms with Crippen LogP contribution in [0.1, 0.15) is 19.8 Å². The fourth-order valence-corrected chi connectivity index (χ4v) is 1.73. The van der Waals surface area contributed by atoms with Crippen LogP contribution in [0.5, 0.6) is 0 Å². The predicted molar refractivity (Wildman–Crippen MR) is 79.5 cm³/mol. The van der Waals surface area contributed by atoms with E-state index in [-0.39, 0.29) is 0 Å². The second kappa shape index (κ2) is 7.93. The van der Waals surface area contributed by atoms with E-state index < -0.39 is 0 Å². The van der Waals surface area contributed by atoms with E-state index in [0.29, 0.717) is 0 Å². The van der Waals surface area contributed by atoms with Gasteiger partial charge >= 0.3 is 0 Å². The Hall–Kier alpha value is -1.29. The maximum Gasteiger partial charge on any atom is 0.130 e. The van der Waals surface area contributed by atoms with Gasteiger partial charge in [0.05, 0.1) is 0 Å². The SMILES string of the molecule is CCCNc1cccc(N(C)CCCN(C)C)n1. The standard InChI is InChI=1S/C14H26N4/c1-5-10-15-13-8-6-9-14(16-13)18(4)12-7-11-17(2)3/h6,8-9H,5,7,10-12H2,1-4H3,(H,15,16). The Bertz CT molecular complexity index is 338. The summed E-state index contributed by atoms with van der Waals surface area (Å²) in [5.41, 5.74) is 0. The van der Waals surface area contributed by atoms with E-state index in [0.717, 1.165) is 44.1 Å². The summed E-state index contributed by atoms with van der Waals surface area (Å²) in [5, 5.41) is 3.32. The van der Waals surface area contributed by atoms with E-state index in [9.17, 15) is 0 Å². The van der Waals surface area contributed by atoms with Crippen LogP contribution < -0.4 is 10.2 Å². The molecule has 0 saturated carbocycles. The molecule has 0 unspecified atom stereocenters. The van der Waals surface area contributed by atoms with Crippen molar-refractivity contribution in [3.63, 3.8) is 0 Å². The van der Waals surface area contributed by atoms with Crippen LogP contribution in [0.4, 0.5) is 11.6 Å². The normalized spacial score (nSPS) is 10.7. The molecule has 18 heavy (non-hydrogen) atoms. The summed E-state index contributed by atoms with van der Waals surface area (Å²) in [4.78, 5) is 9.03. The number of hydrogen-bond acceptors (Lipinski definition) is 4. The summed E-state index contributed by atoms with van der Waals surface area (Å²) in [7, 11) is 6.31. The molecule has 102 valence electrons. The van der Waals surface area contributed by atoms with Gasteiger partial charge in [-0.25, -0.2) is 4.98 Å². The molecule has 0 radical (unpaired) electrons. The highest BCUT2D eigenvalue weighted by atomic mass is 15.2. The Labute approximate surface area is 111 Å². The minimum Gasteiger partial charge on any atom is -0.370 e. The van der Waals surface area contributed by atoms with Crippen molar-refractivity contribution in [3.05, 3.63) is 18.2 Å². The highest BCUT2D eigenvalue weighted by Crippen LogP contribution is 2.13. The number of hydrogen-bond donors (Lipinski definition) is 1. The third-order valence-electron chi connectivity index (χ3n) is 2.78. The Morgan fingerprint density at radius 1 is 1.17 bits per heavy atom. The average molecular weight is 250 g/mol. The molecule has 4 nitrogen and oxygen atoms in total. The topological polar surface area (TPSA) is 31.4 Å². The summed E-state index contributed by atoms with van der Waals surface area (Å²) < 4.78 is 0. The van der Waals surface area contributed by atoms with Crippen molar-refractivity contribution in [1.29, 1.82) is 0 Å². The zero-order chi connectivity index (χ0) is 13.4. The van der Waals surface area contributed by atoms with Crippen molar-refractivity contribution in [2.75, 3.05) is 51.0 Å². The van der Waals surface area contributed by atoms with E-state index in [4.69, 9.17) is 0 Å². The molecule has 1 rings (SSSR count). The van der Waals surface area contributed by atoms with Crippen molar-refractivity contribution in [3.8, 4) is 0 Å². The summed E-state index contributed by atoms with van der Waals surface area (Å²) in [6.07, 6.45) is 2.27. The first-order chi connectivity index (χ1) is 8.63. The van der Waals surface area contributed by atoms with Gasteiger partial charge in [0.15, 0.2) is 0 Å². The van der Waals surface area contributed by atoms with E-state index in [1.54, 1.807) is 0 Å². The Kier molecular flexibility index (Phi) is 6.50. The van der Waals surface area contributed by atoms with Crippen LogP contribution in [-0.2, 0) is 0 Å². The number of aromatic nitrogens is 1. The molecule has 0 aliphatic rings. The quantitative estimate of drug-likeness (QED) is 0.767. The molecule has 1 N–H and O–H groups in total. The minimum atomic E-state index is 0.966. The van der Waals surface area contributed by atoms with Gasteiger partial charge in [0.2, 0.25) is 0 Å². The van der Waals surface area contributed by atoms with Gasteiger partial charge in [-0.1, -0.05) is 13.0 Å². The molecule has 0 atom stereocenters. The van der Waals surface area contributed by atoms with E-state index >= 15 is 0 Å². The van der Waals surface area contributed by atoms with Crippen molar-refractivity contribution in [1.82, 2.24) is 9.88 Å². The third kappa shape index (κ3) is 5.36. The van der Waals surface area contributed by atoms with Gasteiger partial charge in [-0.2, -0.15) is 0 Å². The molecular formula is C14H26N4. The first-order valence-corrected chi connectivity index (χ1v) is 6.70. The highest BCUT2D eigenvalue weighted by Gasteiger charge is 2.03. The maximum absolute atomic E-state index is 4.61. The van der Waals surface area contributed by atoms with Crippen molar-refractivity contribution >= 4 is 11.6 Å². The number of pyridine rings is 1. The lowest BCUT2D eigenvalue weighted by molar-refractivity contribution is 0.401. The smallest absolute Gasteiger partial charge is 0.130 e. The van der Waals surface area contributed by atoms with Crippen LogP contribution in [0.15, 0.2) is 18.2 Å². The molecule has 0 aliphatic carbocycles. The lowest BCUT2D eigenvalue weighted by atomic mass is 10.3. The van der Waals surface area contributed by atoms with Crippen LogP contribution in [0.2, 0.25) is 0 Å². The molecule has 0 fully saturated rings. The van der Waals surface area contributed by atoms with Crippen molar-refractivity contribution in [2.45, 2.75) is 19.8 Å². The molecule has 1 aromatic rings. The van der Waals surface area contributed by atoms with E-state index in [1.807, 2.05) is 6.07 Å². The first-order valence-electron chi connectivity index (χ1n) is 6.70. The van der Waals surface area contributed by atoms with Crippen LogP contribution in [0.3, 0.4) is 0 Å². The summed E-state index contributed by atoms with van der Waals surface area (Å²) in [6.45, 7) is 5.27. The molecule has 0 amide bonds. The molecule has 1 heterocycles. The number of nitrogens with zero attached hydrogens (tertiary/aromatic N) is 3. The molecule has 0 aromatic carbocycles. The minimum absolute atomic E-state index is 0.966. The largest absolute Gasteiger partial charge is 0.370 e. The molecular weight excluding hydrogens is 224 g/mol. The lowest BCUT2D eigenvalue weighted by Crippen LogP contribution is -2.24. The molecule has 0 aliphatic heterocycles. The van der Waals surface area contributed by atoms with Crippen LogP contribution in [-0.4, -0.2) is 50.7 Å². The van der Waals surface area contributed by atoms with Gasteiger partial charge in [-0.3, -0.25) is 0 Å². The van der Waals surface area contributed by atoms with E-state index in [1.165, 1.54) is 0 Å². The molecule has 0 spiro atoms. The number of rotatable bonds is 8. The Morgan fingerprint density at radius 3 is 2.61 bits per heavy atom. The monoisotopic (exact) mass is 250 g/mol. The Balaban J connectivity index is 2.48. The summed E-state index contributed by atoms with van der Waals surface area (Å²) in [5.74, 6) is 2.00. The van der Waals surface area contributed by atoms with E-state index in [2.05, 4.69) is 60.3 Å². The second-order valence-corrected chi connectivity index (χ2v) is 4.89. The third-order valence-corrected chi connectivity index (χ3v) is 2.78. The van der Waals surface area contributed by atoms with Crippen LogP contribution >= 0.6 is 0 Å². The summed E-state index contributed by atoms with van der Waals surface area (Å²) in [6, 6.07) is 6.14. The number of nitrogens with one attached hydrogen (secondary N) is 1. The molecule has 4 heteroatoms. The van der Waals surface area contributed by atoms with Gasteiger partial charge < -0.3 is 15.1 Å². The average Bonchev–Trinajstić information content (AvgIpc) is 2.36.